The zero-order chi connectivity index (χ0) is 14.6. The molecule has 0 spiro atoms. The largest absolute Gasteiger partial charge is 0.417 e. The van der Waals surface area contributed by atoms with E-state index in [9.17, 15) is 18.0 Å². The third kappa shape index (κ3) is 2.51. The Balaban J connectivity index is 2.42. The minimum atomic E-state index is -4.59. The number of hydrogen-bond acceptors (Lipinski definition) is 1. The average Bonchev–Trinajstić information content (AvgIpc) is 2.80. The lowest BCUT2D eigenvalue weighted by Gasteiger charge is -2.11. The zero-order valence-corrected chi connectivity index (χ0v) is 11.4. The first kappa shape index (κ1) is 14.8. The van der Waals surface area contributed by atoms with E-state index in [0.717, 1.165) is 12.1 Å². The number of alkyl halides is 5. The van der Waals surface area contributed by atoms with Gasteiger partial charge < -0.3 is 5.73 Å². The molecule has 2 rings (SSSR count). The molecule has 1 fully saturated rings. The molecular formula is C11H7Cl3F3NO. The van der Waals surface area contributed by atoms with Crippen LogP contribution in [0.4, 0.5) is 13.2 Å². The quantitative estimate of drug-likeness (QED) is 0.824. The molecule has 8 heteroatoms. The van der Waals surface area contributed by atoms with Crippen molar-refractivity contribution in [2.24, 2.45) is 11.7 Å². The van der Waals surface area contributed by atoms with Gasteiger partial charge in [-0.15, -0.1) is 23.2 Å². The fourth-order valence-electron chi connectivity index (χ4n) is 2.05. The Bertz CT molecular complexity index is 544. The van der Waals surface area contributed by atoms with Gasteiger partial charge in [0.15, 0.2) is 0 Å². The van der Waals surface area contributed by atoms with Crippen molar-refractivity contribution in [3.63, 3.8) is 0 Å². The Morgan fingerprint density at radius 1 is 1.32 bits per heavy atom. The van der Waals surface area contributed by atoms with Gasteiger partial charge >= 0.3 is 6.18 Å². The van der Waals surface area contributed by atoms with Crippen molar-refractivity contribution >= 4 is 40.7 Å². The number of halogens is 6. The third-order valence-corrected chi connectivity index (χ3v) is 4.28. The Labute approximate surface area is 121 Å². The van der Waals surface area contributed by atoms with E-state index in [2.05, 4.69) is 0 Å². The molecule has 1 amide bonds. The van der Waals surface area contributed by atoms with Crippen molar-refractivity contribution in [2.75, 3.05) is 0 Å². The van der Waals surface area contributed by atoms with Gasteiger partial charge in [0.1, 0.15) is 4.33 Å². The van der Waals surface area contributed by atoms with E-state index in [1.807, 2.05) is 0 Å². The van der Waals surface area contributed by atoms with E-state index in [1.165, 1.54) is 6.07 Å². The monoisotopic (exact) mass is 331 g/mol. The maximum Gasteiger partial charge on any atom is 0.417 e. The normalized spacial score (nSPS) is 25.2. The Kier molecular flexibility index (Phi) is 3.44. The molecule has 104 valence electrons. The van der Waals surface area contributed by atoms with E-state index < -0.39 is 38.8 Å². The first-order valence-corrected chi connectivity index (χ1v) is 6.24. The zero-order valence-electron chi connectivity index (χ0n) is 9.14. The summed E-state index contributed by atoms with van der Waals surface area (Å²) in [6.07, 6.45) is -4.59. The van der Waals surface area contributed by atoms with Crippen molar-refractivity contribution in [3.8, 4) is 0 Å². The summed E-state index contributed by atoms with van der Waals surface area (Å²) in [6.45, 7) is 0. The lowest BCUT2D eigenvalue weighted by molar-refractivity contribution is -0.137. The fourth-order valence-corrected chi connectivity index (χ4v) is 3.12. The molecule has 1 aromatic rings. The van der Waals surface area contributed by atoms with Crippen LogP contribution in [-0.2, 0) is 11.0 Å². The van der Waals surface area contributed by atoms with Crippen LogP contribution in [0.2, 0.25) is 5.02 Å². The Hall–Kier alpha value is -0.650. The van der Waals surface area contributed by atoms with Gasteiger partial charge in [-0.3, -0.25) is 4.79 Å². The average molecular weight is 333 g/mol. The highest BCUT2D eigenvalue weighted by Crippen LogP contribution is 2.65. The SMILES string of the molecule is NC(=O)[C@H]1[C@H](c2ccc(Cl)c(C(F)(F)F)c2)C1(Cl)Cl. The van der Waals surface area contributed by atoms with Crippen LogP contribution in [-0.4, -0.2) is 10.2 Å². The van der Waals surface area contributed by atoms with Crippen LogP contribution in [0.15, 0.2) is 18.2 Å². The highest BCUT2D eigenvalue weighted by molar-refractivity contribution is 6.53. The predicted molar refractivity (Wildman–Crippen MR) is 66.3 cm³/mol. The second-order valence-corrected chi connectivity index (χ2v) is 6.12. The van der Waals surface area contributed by atoms with Crippen molar-refractivity contribution < 1.29 is 18.0 Å². The summed E-state index contributed by atoms with van der Waals surface area (Å²) in [6, 6.07) is 3.29. The molecule has 0 unspecified atom stereocenters. The first-order valence-electron chi connectivity index (χ1n) is 5.10. The molecule has 1 aliphatic carbocycles. The van der Waals surface area contributed by atoms with Crippen LogP contribution < -0.4 is 5.73 Å². The second-order valence-electron chi connectivity index (χ2n) is 4.27. The fraction of sp³-hybridized carbons (Fsp3) is 0.364. The number of hydrogen-bond donors (Lipinski definition) is 1. The minimum Gasteiger partial charge on any atom is -0.369 e. The molecule has 0 heterocycles. The van der Waals surface area contributed by atoms with Crippen LogP contribution in [0.25, 0.3) is 0 Å². The van der Waals surface area contributed by atoms with Gasteiger partial charge in [0.2, 0.25) is 5.91 Å². The van der Waals surface area contributed by atoms with Gasteiger partial charge in [0.25, 0.3) is 0 Å². The van der Waals surface area contributed by atoms with Gasteiger partial charge in [-0.1, -0.05) is 17.7 Å². The molecule has 2 N–H and O–H groups in total. The summed E-state index contributed by atoms with van der Waals surface area (Å²) >= 11 is 17.2. The molecule has 2 nitrogen and oxygen atoms in total. The molecule has 1 aliphatic rings. The van der Waals surface area contributed by atoms with Crippen LogP contribution in [0.1, 0.15) is 17.0 Å². The van der Waals surface area contributed by atoms with E-state index in [1.54, 1.807) is 0 Å². The molecule has 0 bridgehead atoms. The van der Waals surface area contributed by atoms with Gasteiger partial charge in [-0.2, -0.15) is 13.2 Å². The standard InChI is InChI=1S/C11H7Cl3F3NO/c12-6-2-1-4(3-5(6)11(15,16)17)7-8(9(18)19)10(7,13)14/h1-3,7-8H,(H2,18,19)/t7-,8+/m0/s1. The Morgan fingerprint density at radius 2 is 1.89 bits per heavy atom. The first-order chi connectivity index (χ1) is 8.56. The molecule has 1 saturated carbocycles. The van der Waals surface area contributed by atoms with Crippen LogP contribution in [0, 0.1) is 5.92 Å². The summed E-state index contributed by atoms with van der Waals surface area (Å²) in [5, 5.41) is -0.428. The van der Waals surface area contributed by atoms with Gasteiger partial charge in [0, 0.05) is 5.92 Å². The van der Waals surface area contributed by atoms with Gasteiger partial charge in [-0.05, 0) is 17.7 Å². The van der Waals surface area contributed by atoms with Crippen molar-refractivity contribution in [2.45, 2.75) is 16.4 Å². The summed E-state index contributed by atoms with van der Waals surface area (Å²) in [5.74, 6) is -2.41. The molecular weight excluding hydrogens is 325 g/mol. The lowest BCUT2D eigenvalue weighted by Crippen LogP contribution is -2.16. The molecule has 0 saturated heterocycles. The van der Waals surface area contributed by atoms with E-state index >= 15 is 0 Å². The predicted octanol–water partition coefficient (Wildman–Crippen LogP) is 3.73. The van der Waals surface area contributed by atoms with E-state index in [0.29, 0.717) is 0 Å². The summed E-state index contributed by atoms with van der Waals surface area (Å²) in [4.78, 5) is 11.1. The topological polar surface area (TPSA) is 43.1 Å². The van der Waals surface area contributed by atoms with E-state index in [4.69, 9.17) is 40.5 Å². The van der Waals surface area contributed by atoms with Crippen molar-refractivity contribution in [3.05, 3.63) is 34.3 Å². The summed E-state index contributed by atoms with van der Waals surface area (Å²) < 4.78 is 36.7. The lowest BCUT2D eigenvalue weighted by atomic mass is 10.1. The number of amides is 1. The minimum absolute atomic E-state index is 0.186. The maximum atomic E-state index is 12.7. The van der Waals surface area contributed by atoms with E-state index in [-0.39, 0.29) is 5.56 Å². The molecule has 1 aromatic carbocycles. The number of nitrogens with two attached hydrogens (primary N) is 1. The smallest absolute Gasteiger partial charge is 0.369 e. The highest BCUT2D eigenvalue weighted by atomic mass is 35.5. The second kappa shape index (κ2) is 4.43. The number of benzene rings is 1. The Morgan fingerprint density at radius 3 is 2.32 bits per heavy atom. The summed E-state index contributed by atoms with van der Waals surface area (Å²) in [5.41, 5.74) is 4.29. The van der Waals surface area contributed by atoms with Crippen LogP contribution >= 0.6 is 34.8 Å². The molecule has 2 atom stereocenters. The van der Waals surface area contributed by atoms with Crippen LogP contribution in [0.5, 0.6) is 0 Å². The number of carbonyl (C=O) groups is 1. The number of primary amides is 1. The van der Waals surface area contributed by atoms with Crippen molar-refractivity contribution in [1.82, 2.24) is 0 Å². The summed E-state index contributed by atoms with van der Waals surface area (Å²) in [7, 11) is 0. The molecule has 0 radical (unpaired) electrons. The maximum absolute atomic E-state index is 12.7. The number of rotatable bonds is 2. The highest BCUT2D eigenvalue weighted by Gasteiger charge is 2.67. The number of carbonyl (C=O) groups excluding carboxylic acids is 1. The van der Waals surface area contributed by atoms with Gasteiger partial charge in [0.05, 0.1) is 16.5 Å². The van der Waals surface area contributed by atoms with Crippen LogP contribution in [0.3, 0.4) is 0 Å². The van der Waals surface area contributed by atoms with Gasteiger partial charge in [-0.25, -0.2) is 0 Å². The third-order valence-electron chi connectivity index (χ3n) is 3.01. The van der Waals surface area contributed by atoms with Crippen molar-refractivity contribution in [1.29, 1.82) is 0 Å². The molecule has 19 heavy (non-hydrogen) atoms. The molecule has 0 aromatic heterocycles. The molecule has 0 aliphatic heterocycles.